The number of thiophene rings is 1. The molecule has 0 unspecified atom stereocenters. The van der Waals surface area contributed by atoms with E-state index in [9.17, 15) is 4.79 Å². The number of rotatable bonds is 4. The van der Waals surface area contributed by atoms with Crippen LogP contribution in [0.4, 0.5) is 10.7 Å². The molecular formula is C13H19N3OS. The van der Waals surface area contributed by atoms with Crippen LogP contribution in [0.25, 0.3) is 0 Å². The van der Waals surface area contributed by atoms with Crippen molar-refractivity contribution in [2.24, 2.45) is 0 Å². The minimum absolute atomic E-state index is 0.0685. The summed E-state index contributed by atoms with van der Waals surface area (Å²) in [5.41, 5.74) is 8.06. The summed E-state index contributed by atoms with van der Waals surface area (Å²) < 4.78 is 0. The number of hydrogen-bond acceptors (Lipinski definition) is 4. The van der Waals surface area contributed by atoms with Crippen molar-refractivity contribution in [1.82, 2.24) is 5.32 Å². The van der Waals surface area contributed by atoms with E-state index >= 15 is 0 Å². The second kappa shape index (κ2) is 4.46. The first-order chi connectivity index (χ1) is 8.70. The molecule has 0 atom stereocenters. The van der Waals surface area contributed by atoms with Gasteiger partial charge in [0.25, 0.3) is 5.91 Å². The van der Waals surface area contributed by atoms with Gasteiger partial charge in [0.15, 0.2) is 0 Å². The number of anilines is 2. The highest BCUT2D eigenvalue weighted by molar-refractivity contribution is 7.18. The van der Waals surface area contributed by atoms with Crippen molar-refractivity contribution in [3.63, 3.8) is 0 Å². The van der Waals surface area contributed by atoms with Crippen LogP contribution >= 0.6 is 11.3 Å². The molecule has 98 valence electrons. The smallest absolute Gasteiger partial charge is 0.263 e. The number of carbonyl (C=O) groups excluding carboxylic acids is 1. The topological polar surface area (TPSA) is 67.2 Å². The molecule has 0 aliphatic heterocycles. The minimum Gasteiger partial charge on any atom is -0.397 e. The lowest BCUT2D eigenvalue weighted by molar-refractivity contribution is 0.0968. The average molecular weight is 265 g/mol. The Kier molecular flexibility index (Phi) is 2.93. The van der Waals surface area contributed by atoms with Gasteiger partial charge in [-0.25, -0.2) is 0 Å². The molecule has 1 amide bonds. The van der Waals surface area contributed by atoms with Gasteiger partial charge >= 0.3 is 0 Å². The van der Waals surface area contributed by atoms with E-state index in [0.29, 0.717) is 22.5 Å². The molecule has 2 aliphatic rings. The highest BCUT2D eigenvalue weighted by atomic mass is 32.1. The molecular weight excluding hydrogens is 246 g/mol. The number of nitrogen functional groups attached to an aromatic ring is 1. The Labute approximate surface area is 111 Å². The van der Waals surface area contributed by atoms with Gasteiger partial charge in [-0.3, -0.25) is 4.79 Å². The van der Waals surface area contributed by atoms with Crippen LogP contribution < -0.4 is 16.4 Å². The Morgan fingerprint density at radius 3 is 2.56 bits per heavy atom. The number of carbonyl (C=O) groups is 1. The van der Waals surface area contributed by atoms with E-state index in [1.165, 1.54) is 49.0 Å². The fourth-order valence-corrected chi connectivity index (χ4v) is 3.59. The molecule has 4 nitrogen and oxygen atoms in total. The molecule has 0 spiro atoms. The summed E-state index contributed by atoms with van der Waals surface area (Å²) in [6.07, 6.45) is 6.18. The van der Waals surface area contributed by atoms with E-state index in [0.717, 1.165) is 5.00 Å². The number of nitrogens with two attached hydrogens (primary N) is 1. The standard InChI is InChI=1S/C13H19N3OS/c1-15-12(17)11-10(14)9(7-5-6-7)13(18-11)16-8-3-2-4-8/h7-8,16H,2-6,14H2,1H3,(H,15,17). The predicted molar refractivity (Wildman–Crippen MR) is 75.4 cm³/mol. The number of hydrogen-bond donors (Lipinski definition) is 3. The summed E-state index contributed by atoms with van der Waals surface area (Å²) in [5.74, 6) is 0.503. The Balaban J connectivity index is 1.92. The number of amides is 1. The van der Waals surface area contributed by atoms with Crippen molar-refractivity contribution in [2.75, 3.05) is 18.1 Å². The van der Waals surface area contributed by atoms with Gasteiger partial charge in [0.05, 0.1) is 10.7 Å². The van der Waals surface area contributed by atoms with E-state index in [4.69, 9.17) is 5.73 Å². The zero-order valence-electron chi connectivity index (χ0n) is 10.6. The SMILES string of the molecule is CNC(=O)c1sc(NC2CCC2)c(C2CC2)c1N. The summed E-state index contributed by atoms with van der Waals surface area (Å²) in [7, 11) is 1.65. The van der Waals surface area contributed by atoms with Gasteiger partial charge in [-0.2, -0.15) is 0 Å². The van der Waals surface area contributed by atoms with Crippen LogP contribution in [0.15, 0.2) is 0 Å². The van der Waals surface area contributed by atoms with Crippen LogP contribution in [0.2, 0.25) is 0 Å². The molecule has 2 fully saturated rings. The second-order valence-electron chi connectivity index (χ2n) is 5.21. The van der Waals surface area contributed by atoms with E-state index < -0.39 is 0 Å². The normalized spacial score (nSPS) is 19.4. The Bertz CT molecular complexity index is 475. The van der Waals surface area contributed by atoms with Crippen molar-refractivity contribution in [3.05, 3.63) is 10.4 Å². The molecule has 5 heteroatoms. The van der Waals surface area contributed by atoms with Crippen molar-refractivity contribution < 1.29 is 4.79 Å². The van der Waals surface area contributed by atoms with Gasteiger partial charge in [0.2, 0.25) is 0 Å². The zero-order chi connectivity index (χ0) is 12.7. The van der Waals surface area contributed by atoms with E-state index in [-0.39, 0.29) is 5.91 Å². The average Bonchev–Trinajstić information content (AvgIpc) is 3.08. The first kappa shape index (κ1) is 11.8. The Morgan fingerprint density at radius 2 is 2.06 bits per heavy atom. The molecule has 0 saturated heterocycles. The molecule has 18 heavy (non-hydrogen) atoms. The third-order valence-electron chi connectivity index (χ3n) is 3.84. The molecule has 2 aliphatic carbocycles. The maximum absolute atomic E-state index is 11.8. The predicted octanol–water partition coefficient (Wildman–Crippen LogP) is 2.53. The van der Waals surface area contributed by atoms with E-state index in [1.54, 1.807) is 7.05 Å². The quantitative estimate of drug-likeness (QED) is 0.783. The van der Waals surface area contributed by atoms with Crippen molar-refractivity contribution in [1.29, 1.82) is 0 Å². The summed E-state index contributed by atoms with van der Waals surface area (Å²) >= 11 is 1.52. The monoisotopic (exact) mass is 265 g/mol. The maximum Gasteiger partial charge on any atom is 0.263 e. The maximum atomic E-state index is 11.8. The molecule has 2 saturated carbocycles. The Morgan fingerprint density at radius 1 is 1.33 bits per heavy atom. The highest BCUT2D eigenvalue weighted by Gasteiger charge is 2.33. The van der Waals surface area contributed by atoms with Gasteiger partial charge < -0.3 is 16.4 Å². The van der Waals surface area contributed by atoms with Crippen molar-refractivity contribution in [2.45, 2.75) is 44.1 Å². The largest absolute Gasteiger partial charge is 0.397 e. The van der Waals surface area contributed by atoms with Gasteiger partial charge in [-0.05, 0) is 38.0 Å². The van der Waals surface area contributed by atoms with Gasteiger partial charge in [0, 0.05) is 18.7 Å². The summed E-state index contributed by atoms with van der Waals surface area (Å²) in [6, 6.07) is 0.582. The molecule has 0 bridgehead atoms. The van der Waals surface area contributed by atoms with Gasteiger partial charge in [-0.1, -0.05) is 0 Å². The fourth-order valence-electron chi connectivity index (χ4n) is 2.36. The lowest BCUT2D eigenvalue weighted by Gasteiger charge is -2.27. The lowest BCUT2D eigenvalue weighted by Crippen LogP contribution is -2.26. The molecule has 1 aromatic rings. The van der Waals surface area contributed by atoms with Gasteiger partial charge in [0.1, 0.15) is 4.88 Å². The van der Waals surface area contributed by atoms with E-state index in [2.05, 4.69) is 10.6 Å². The fraction of sp³-hybridized carbons (Fsp3) is 0.615. The van der Waals surface area contributed by atoms with Crippen LogP contribution in [-0.2, 0) is 0 Å². The second-order valence-corrected chi connectivity index (χ2v) is 6.23. The van der Waals surface area contributed by atoms with Gasteiger partial charge in [-0.15, -0.1) is 11.3 Å². The van der Waals surface area contributed by atoms with Crippen molar-refractivity contribution in [3.8, 4) is 0 Å². The van der Waals surface area contributed by atoms with Crippen LogP contribution in [-0.4, -0.2) is 19.0 Å². The first-order valence-corrected chi connectivity index (χ1v) is 7.43. The van der Waals surface area contributed by atoms with Crippen LogP contribution in [0, 0.1) is 0 Å². The molecule has 1 heterocycles. The first-order valence-electron chi connectivity index (χ1n) is 6.61. The summed E-state index contributed by atoms with van der Waals surface area (Å²) in [5, 5.41) is 7.37. The van der Waals surface area contributed by atoms with E-state index in [1.807, 2.05) is 0 Å². The van der Waals surface area contributed by atoms with Crippen LogP contribution in [0.5, 0.6) is 0 Å². The third-order valence-corrected chi connectivity index (χ3v) is 4.99. The Hall–Kier alpha value is -1.23. The minimum atomic E-state index is -0.0685. The lowest BCUT2D eigenvalue weighted by atomic mass is 9.93. The molecule has 4 N–H and O–H groups in total. The number of nitrogens with one attached hydrogen (secondary N) is 2. The molecule has 0 aromatic carbocycles. The molecule has 1 aromatic heterocycles. The zero-order valence-corrected chi connectivity index (χ0v) is 11.4. The third kappa shape index (κ3) is 1.96. The summed E-state index contributed by atoms with van der Waals surface area (Å²) in [4.78, 5) is 12.5. The van der Waals surface area contributed by atoms with Crippen molar-refractivity contribution >= 4 is 27.9 Å². The molecule has 3 rings (SSSR count). The van der Waals surface area contributed by atoms with Crippen LogP contribution in [0.3, 0.4) is 0 Å². The summed E-state index contributed by atoms with van der Waals surface area (Å²) in [6.45, 7) is 0. The molecule has 0 radical (unpaired) electrons. The van der Waals surface area contributed by atoms with Crippen LogP contribution in [0.1, 0.15) is 53.3 Å². The highest BCUT2D eigenvalue weighted by Crippen LogP contribution is 2.51.